The smallest absolute Gasteiger partial charge is 0.324 e. The third-order valence-electron chi connectivity index (χ3n) is 3.82. The molecule has 0 spiro atoms. The number of ether oxygens (including phenoxy) is 2. The van der Waals surface area contributed by atoms with Gasteiger partial charge in [-0.3, -0.25) is 9.59 Å². The van der Waals surface area contributed by atoms with Gasteiger partial charge in [-0.2, -0.15) is 0 Å². The topological polar surface area (TPSA) is 52.6 Å². The molecule has 0 aromatic carbocycles. The van der Waals surface area contributed by atoms with Crippen LogP contribution in [0.25, 0.3) is 0 Å². The highest BCUT2D eigenvalue weighted by molar-refractivity contribution is 6.01. The Hall–Kier alpha value is -1.80. The third kappa shape index (κ3) is 4.85. The minimum absolute atomic E-state index is 0.0625. The Morgan fingerprint density at radius 2 is 1.58 bits per heavy atom. The van der Waals surface area contributed by atoms with Gasteiger partial charge in [0.15, 0.2) is 5.41 Å². The average molecular weight is 334 g/mol. The van der Waals surface area contributed by atoms with Crippen molar-refractivity contribution in [1.82, 2.24) is 0 Å². The van der Waals surface area contributed by atoms with Crippen LogP contribution in [0.15, 0.2) is 30.0 Å². The van der Waals surface area contributed by atoms with Crippen molar-refractivity contribution in [3.63, 3.8) is 0 Å². The fourth-order valence-electron chi connectivity index (χ4n) is 2.83. The van der Waals surface area contributed by atoms with Gasteiger partial charge < -0.3 is 9.47 Å². The van der Waals surface area contributed by atoms with Gasteiger partial charge in [0.05, 0.1) is 0 Å². The van der Waals surface area contributed by atoms with Gasteiger partial charge in [0, 0.05) is 5.92 Å². The summed E-state index contributed by atoms with van der Waals surface area (Å²) in [5.41, 5.74) is 1.11. The van der Waals surface area contributed by atoms with Crippen molar-refractivity contribution < 1.29 is 19.1 Å². The minimum Gasteiger partial charge on any atom is -0.459 e. The number of allylic oxidation sites excluding steroid dienone is 3. The Balaban J connectivity index is 3.30. The van der Waals surface area contributed by atoms with E-state index in [2.05, 4.69) is 12.3 Å². The van der Waals surface area contributed by atoms with Gasteiger partial charge in [0.25, 0.3) is 0 Å². The molecule has 0 saturated heterocycles. The van der Waals surface area contributed by atoms with Crippen LogP contribution in [0.2, 0.25) is 0 Å². The molecule has 0 amide bonds. The van der Waals surface area contributed by atoms with Gasteiger partial charge in [0.2, 0.25) is 0 Å². The van der Waals surface area contributed by atoms with Gasteiger partial charge in [-0.05, 0) is 67.4 Å². The highest BCUT2D eigenvalue weighted by atomic mass is 16.6. The van der Waals surface area contributed by atoms with Gasteiger partial charge in [-0.15, -0.1) is 5.73 Å². The highest BCUT2D eigenvalue weighted by Gasteiger charge is 2.56. The van der Waals surface area contributed by atoms with E-state index in [-0.39, 0.29) is 5.92 Å². The molecule has 4 nitrogen and oxygen atoms in total. The first-order valence-corrected chi connectivity index (χ1v) is 8.32. The lowest BCUT2D eigenvalue weighted by atomic mass is 9.84. The van der Waals surface area contributed by atoms with Crippen molar-refractivity contribution in [2.75, 3.05) is 0 Å². The van der Waals surface area contributed by atoms with E-state index in [1.165, 1.54) is 0 Å². The summed E-state index contributed by atoms with van der Waals surface area (Å²) in [5, 5.41) is 0. The largest absolute Gasteiger partial charge is 0.459 e. The van der Waals surface area contributed by atoms with Gasteiger partial charge in [-0.25, -0.2) is 0 Å². The van der Waals surface area contributed by atoms with Crippen LogP contribution in [-0.4, -0.2) is 23.1 Å². The molecule has 1 saturated carbocycles. The summed E-state index contributed by atoms with van der Waals surface area (Å²) in [6.45, 7) is 16.3. The van der Waals surface area contributed by atoms with Crippen LogP contribution >= 0.6 is 0 Å². The van der Waals surface area contributed by atoms with Crippen molar-refractivity contribution in [3.8, 4) is 0 Å². The second-order valence-electron chi connectivity index (χ2n) is 8.31. The van der Waals surface area contributed by atoms with Crippen LogP contribution in [0.1, 0.15) is 61.3 Å². The second kappa shape index (κ2) is 6.98. The summed E-state index contributed by atoms with van der Waals surface area (Å²) >= 11 is 0. The molecule has 1 aliphatic carbocycles. The second-order valence-corrected chi connectivity index (χ2v) is 8.31. The molecule has 1 atom stereocenters. The lowest BCUT2D eigenvalue weighted by Gasteiger charge is -2.32. The molecule has 0 heterocycles. The summed E-state index contributed by atoms with van der Waals surface area (Å²) in [7, 11) is 0. The van der Waals surface area contributed by atoms with Crippen LogP contribution in [0, 0.1) is 11.3 Å². The third-order valence-corrected chi connectivity index (χ3v) is 3.82. The van der Waals surface area contributed by atoms with Crippen LogP contribution in [0.3, 0.4) is 0 Å². The van der Waals surface area contributed by atoms with Gasteiger partial charge in [0.1, 0.15) is 11.2 Å². The zero-order valence-electron chi connectivity index (χ0n) is 16.0. The van der Waals surface area contributed by atoms with Gasteiger partial charge in [-0.1, -0.05) is 18.2 Å². The van der Waals surface area contributed by atoms with Crippen molar-refractivity contribution in [3.05, 3.63) is 30.0 Å². The molecule has 1 aliphatic rings. The van der Waals surface area contributed by atoms with E-state index in [0.717, 1.165) is 5.57 Å². The average Bonchev–Trinajstić information content (AvgIpc) is 2.75. The van der Waals surface area contributed by atoms with Crippen molar-refractivity contribution in [2.24, 2.45) is 11.3 Å². The SMILES string of the molecule is C=C=CC1CC(C(=O)OC(C)(C)C)(C(=O)OC(C)(C)C)C/C1=C\C. The molecule has 24 heavy (non-hydrogen) atoms. The Labute approximate surface area is 145 Å². The van der Waals surface area contributed by atoms with Gasteiger partial charge >= 0.3 is 11.9 Å². The molecule has 4 heteroatoms. The fraction of sp³-hybridized carbons (Fsp3) is 0.650. The molecule has 134 valence electrons. The molecule has 0 aromatic rings. The van der Waals surface area contributed by atoms with Crippen LogP contribution in [0.5, 0.6) is 0 Å². The molecule has 1 unspecified atom stereocenters. The van der Waals surface area contributed by atoms with E-state index in [9.17, 15) is 9.59 Å². The summed E-state index contributed by atoms with van der Waals surface area (Å²) in [4.78, 5) is 25.8. The summed E-state index contributed by atoms with van der Waals surface area (Å²) in [6.07, 6.45) is 4.36. The monoisotopic (exact) mass is 334 g/mol. The molecule has 1 fully saturated rings. The number of hydrogen-bond donors (Lipinski definition) is 0. The van der Waals surface area contributed by atoms with Crippen molar-refractivity contribution >= 4 is 11.9 Å². The number of carbonyl (C=O) groups is 2. The van der Waals surface area contributed by atoms with E-state index in [0.29, 0.717) is 12.8 Å². The Bertz CT molecular complexity index is 550. The maximum atomic E-state index is 12.9. The lowest BCUT2D eigenvalue weighted by molar-refractivity contribution is -0.184. The Morgan fingerprint density at radius 3 is 1.92 bits per heavy atom. The molecule has 0 N–H and O–H groups in total. The zero-order chi connectivity index (χ0) is 18.8. The number of esters is 2. The predicted octanol–water partition coefficient (Wildman–Crippen LogP) is 4.35. The predicted molar refractivity (Wildman–Crippen MR) is 94.3 cm³/mol. The standard InChI is InChI=1S/C20H30O4/c1-9-11-15-13-20(12-14(15)10-2,16(21)23-18(3,4)5)17(22)24-19(6,7)8/h10-11,15H,1,12-13H2,2-8H3/b14-10+. The maximum absolute atomic E-state index is 12.9. The van der Waals surface area contributed by atoms with Crippen LogP contribution < -0.4 is 0 Å². The lowest BCUT2D eigenvalue weighted by Crippen LogP contribution is -2.45. The molecule has 0 bridgehead atoms. The zero-order valence-corrected chi connectivity index (χ0v) is 16.0. The quantitative estimate of drug-likeness (QED) is 0.333. The normalized spacial score (nSPS) is 22.0. The first-order chi connectivity index (χ1) is 10.8. The van der Waals surface area contributed by atoms with E-state index in [1.807, 2.05) is 13.0 Å². The Kier molecular flexibility index (Phi) is 5.89. The van der Waals surface area contributed by atoms with E-state index < -0.39 is 28.6 Å². The number of rotatable bonds is 3. The first kappa shape index (κ1) is 20.2. The fourth-order valence-corrected chi connectivity index (χ4v) is 2.83. The maximum Gasteiger partial charge on any atom is 0.324 e. The van der Waals surface area contributed by atoms with Crippen LogP contribution in [-0.2, 0) is 19.1 Å². The van der Waals surface area contributed by atoms with Crippen LogP contribution in [0.4, 0.5) is 0 Å². The summed E-state index contributed by atoms with van der Waals surface area (Å²) in [6, 6.07) is 0. The highest BCUT2D eigenvalue weighted by Crippen LogP contribution is 2.48. The summed E-state index contributed by atoms with van der Waals surface area (Å²) < 4.78 is 11.1. The molecule has 1 rings (SSSR count). The molecule has 0 aliphatic heterocycles. The number of hydrogen-bond acceptors (Lipinski definition) is 4. The van der Waals surface area contributed by atoms with Crippen molar-refractivity contribution in [1.29, 1.82) is 0 Å². The van der Waals surface area contributed by atoms with E-state index in [1.54, 1.807) is 47.6 Å². The van der Waals surface area contributed by atoms with E-state index >= 15 is 0 Å². The molecular formula is C20H30O4. The Morgan fingerprint density at radius 1 is 1.12 bits per heavy atom. The van der Waals surface area contributed by atoms with Crippen molar-refractivity contribution in [2.45, 2.75) is 72.5 Å². The first-order valence-electron chi connectivity index (χ1n) is 8.32. The molecular weight excluding hydrogens is 304 g/mol. The van der Waals surface area contributed by atoms with E-state index in [4.69, 9.17) is 9.47 Å². The molecule has 0 radical (unpaired) electrons. The number of carbonyl (C=O) groups excluding carboxylic acids is 2. The molecule has 0 aromatic heterocycles. The minimum atomic E-state index is -1.32. The summed E-state index contributed by atoms with van der Waals surface area (Å²) in [5.74, 6) is -1.11.